The number of aromatic amines is 1. The maximum absolute atomic E-state index is 12.7. The molecule has 0 saturated carbocycles. The first-order chi connectivity index (χ1) is 10.2. The van der Waals surface area contributed by atoms with Crippen molar-refractivity contribution in [2.75, 3.05) is 10.6 Å². The van der Waals surface area contributed by atoms with Gasteiger partial charge in [0.2, 0.25) is 0 Å². The van der Waals surface area contributed by atoms with Crippen molar-refractivity contribution >= 4 is 34.6 Å². The predicted molar refractivity (Wildman–Crippen MR) is 86.7 cm³/mol. The van der Waals surface area contributed by atoms with Gasteiger partial charge in [0.05, 0.1) is 41.6 Å². The van der Waals surface area contributed by atoms with Crippen molar-refractivity contribution in [2.45, 2.75) is 19.2 Å². The van der Waals surface area contributed by atoms with Crippen LogP contribution in [0.15, 0.2) is 30.3 Å². The zero-order valence-electron chi connectivity index (χ0n) is 11.5. The fourth-order valence-corrected chi connectivity index (χ4v) is 2.99. The largest absolute Gasteiger partial charge is 0.367 e. The second-order valence-electron chi connectivity index (χ2n) is 4.84. The molecule has 3 rings (SSSR count). The van der Waals surface area contributed by atoms with Crippen LogP contribution < -0.4 is 3.53 Å². The Balaban J connectivity index is 1.79. The number of hydrogen-bond donors (Lipinski definition) is 2. The van der Waals surface area contributed by atoms with E-state index < -0.39 is 6.10 Å². The highest BCUT2D eigenvalue weighted by Crippen LogP contribution is 2.30. The smallest absolute Gasteiger partial charge is 0.256 e. The molecule has 1 aliphatic heterocycles. The summed E-state index contributed by atoms with van der Waals surface area (Å²) in [6.45, 7) is 1.08. The van der Waals surface area contributed by atoms with Gasteiger partial charge in [-0.25, -0.2) is 0 Å². The van der Waals surface area contributed by atoms with Crippen LogP contribution in [-0.4, -0.2) is 28.1 Å². The molecule has 6 nitrogen and oxygen atoms in total. The number of carbonyl (C=O) groups is 1. The Bertz CT molecular complexity index is 644. The number of H-pyrrole nitrogens is 1. The van der Waals surface area contributed by atoms with E-state index in [1.54, 1.807) is 12.0 Å². The Hall–Kier alpha value is -1.61. The van der Waals surface area contributed by atoms with Crippen LogP contribution in [0.5, 0.6) is 0 Å². The molecule has 7 heteroatoms. The third kappa shape index (κ3) is 2.62. The minimum atomic E-state index is -0.570. The highest BCUT2D eigenvalue weighted by molar-refractivity contribution is 14.1. The summed E-state index contributed by atoms with van der Waals surface area (Å²) in [6.07, 6.45) is -0.570. The van der Waals surface area contributed by atoms with Crippen LogP contribution in [0.4, 0.5) is 5.82 Å². The number of hydrogen-bond acceptors (Lipinski definition) is 4. The number of methoxy groups -OCH3 is 1. The topological polar surface area (TPSA) is 70.2 Å². The van der Waals surface area contributed by atoms with Crippen molar-refractivity contribution in [3.8, 4) is 0 Å². The zero-order valence-corrected chi connectivity index (χ0v) is 13.6. The maximum Gasteiger partial charge on any atom is 0.256 e. The summed E-state index contributed by atoms with van der Waals surface area (Å²) in [5, 5.41) is 7.13. The lowest BCUT2D eigenvalue weighted by atomic mass is 10.1. The Morgan fingerprint density at radius 1 is 1.43 bits per heavy atom. The Labute approximate surface area is 136 Å². The van der Waals surface area contributed by atoms with Crippen LogP contribution in [-0.2, 0) is 22.6 Å². The quantitative estimate of drug-likeness (QED) is 0.613. The molecular weight excluding hydrogens is 383 g/mol. The second-order valence-corrected chi connectivity index (χ2v) is 5.38. The van der Waals surface area contributed by atoms with E-state index in [0.29, 0.717) is 13.1 Å². The number of rotatable bonds is 4. The van der Waals surface area contributed by atoms with Gasteiger partial charge in [0.25, 0.3) is 5.91 Å². The fraction of sp³-hybridized carbons (Fsp3) is 0.286. The van der Waals surface area contributed by atoms with Crippen LogP contribution in [0.3, 0.4) is 0 Å². The Kier molecular flexibility index (Phi) is 4.11. The maximum atomic E-state index is 12.7. The van der Waals surface area contributed by atoms with Gasteiger partial charge in [0.15, 0.2) is 11.9 Å². The van der Waals surface area contributed by atoms with Crippen molar-refractivity contribution in [3.63, 3.8) is 0 Å². The number of nitrogens with zero attached hydrogens (tertiary/aromatic N) is 2. The molecule has 21 heavy (non-hydrogen) atoms. The average molecular weight is 398 g/mol. The highest BCUT2D eigenvalue weighted by Gasteiger charge is 2.32. The summed E-state index contributed by atoms with van der Waals surface area (Å²) >= 11 is 2.04. The molecule has 0 bridgehead atoms. The third-order valence-corrected chi connectivity index (χ3v) is 4.13. The molecule has 0 saturated heterocycles. The molecule has 1 aliphatic rings. The van der Waals surface area contributed by atoms with Crippen LogP contribution >= 0.6 is 22.9 Å². The van der Waals surface area contributed by atoms with E-state index in [1.807, 2.05) is 53.2 Å². The Morgan fingerprint density at radius 2 is 2.19 bits per heavy atom. The van der Waals surface area contributed by atoms with Gasteiger partial charge in [-0.05, 0) is 5.56 Å². The lowest BCUT2D eigenvalue weighted by molar-refractivity contribution is -0.143. The van der Waals surface area contributed by atoms with E-state index in [0.717, 1.165) is 22.6 Å². The number of carbonyl (C=O) groups excluding carboxylic acids is 1. The lowest BCUT2D eigenvalue weighted by Gasteiger charge is -2.22. The molecular formula is C14H15IN4O2. The van der Waals surface area contributed by atoms with Gasteiger partial charge in [-0.15, -0.1) is 0 Å². The van der Waals surface area contributed by atoms with Gasteiger partial charge in [-0.3, -0.25) is 9.89 Å². The first-order valence-corrected chi connectivity index (χ1v) is 7.61. The normalized spacial score (nSPS) is 14.9. The molecule has 1 aromatic carbocycles. The van der Waals surface area contributed by atoms with Gasteiger partial charge in [0, 0.05) is 12.7 Å². The number of anilines is 1. The van der Waals surface area contributed by atoms with E-state index in [9.17, 15) is 4.79 Å². The first kappa shape index (κ1) is 14.3. The molecule has 1 aromatic heterocycles. The summed E-state index contributed by atoms with van der Waals surface area (Å²) in [7, 11) is 1.56. The molecule has 2 aromatic rings. The van der Waals surface area contributed by atoms with Crippen molar-refractivity contribution in [1.82, 2.24) is 15.1 Å². The number of fused-ring (bicyclic) bond motifs is 1. The van der Waals surface area contributed by atoms with Crippen LogP contribution in [0.1, 0.15) is 22.9 Å². The van der Waals surface area contributed by atoms with Crippen molar-refractivity contribution in [3.05, 3.63) is 47.2 Å². The lowest BCUT2D eigenvalue weighted by Crippen LogP contribution is -2.32. The Morgan fingerprint density at radius 3 is 2.86 bits per heavy atom. The van der Waals surface area contributed by atoms with Crippen LogP contribution in [0.2, 0.25) is 0 Å². The zero-order chi connectivity index (χ0) is 14.8. The molecule has 0 aliphatic carbocycles. The average Bonchev–Trinajstić information content (AvgIpc) is 3.09. The van der Waals surface area contributed by atoms with Gasteiger partial charge < -0.3 is 13.2 Å². The summed E-state index contributed by atoms with van der Waals surface area (Å²) < 4.78 is 8.41. The van der Waals surface area contributed by atoms with Crippen LogP contribution in [0, 0.1) is 0 Å². The molecule has 2 heterocycles. The molecule has 0 fully saturated rings. The van der Waals surface area contributed by atoms with Gasteiger partial charge in [-0.2, -0.15) is 5.10 Å². The van der Waals surface area contributed by atoms with Gasteiger partial charge in [0.1, 0.15) is 0 Å². The van der Waals surface area contributed by atoms with E-state index in [-0.39, 0.29) is 5.91 Å². The van der Waals surface area contributed by atoms with Gasteiger partial charge >= 0.3 is 0 Å². The third-order valence-electron chi connectivity index (χ3n) is 3.61. The SMILES string of the molecule is CO[C@@H](C(=O)N1Cc2[nH]nc(NI)c2C1)c1ccccc1. The summed E-state index contributed by atoms with van der Waals surface area (Å²) in [5.74, 6) is 0.752. The number of benzene rings is 1. The molecule has 1 atom stereocenters. The van der Waals surface area contributed by atoms with Crippen molar-refractivity contribution < 1.29 is 9.53 Å². The molecule has 2 N–H and O–H groups in total. The van der Waals surface area contributed by atoms with Crippen molar-refractivity contribution in [1.29, 1.82) is 0 Å². The van der Waals surface area contributed by atoms with Crippen molar-refractivity contribution in [2.24, 2.45) is 0 Å². The number of ether oxygens (including phenoxy) is 1. The number of amides is 1. The molecule has 0 spiro atoms. The molecule has 0 radical (unpaired) electrons. The fourth-order valence-electron chi connectivity index (χ4n) is 2.55. The number of nitrogens with one attached hydrogen (secondary N) is 2. The highest BCUT2D eigenvalue weighted by atomic mass is 127. The molecule has 0 unspecified atom stereocenters. The van der Waals surface area contributed by atoms with Crippen LogP contribution in [0.25, 0.3) is 0 Å². The molecule has 1 amide bonds. The number of halogens is 1. The minimum Gasteiger partial charge on any atom is -0.367 e. The monoisotopic (exact) mass is 398 g/mol. The number of aromatic nitrogens is 2. The second kappa shape index (κ2) is 6.02. The van der Waals surface area contributed by atoms with Gasteiger partial charge in [-0.1, -0.05) is 30.3 Å². The van der Waals surface area contributed by atoms with E-state index in [4.69, 9.17) is 4.74 Å². The molecule has 110 valence electrons. The van der Waals surface area contributed by atoms with E-state index in [1.165, 1.54) is 0 Å². The summed E-state index contributed by atoms with van der Waals surface area (Å²) in [5.41, 5.74) is 2.89. The summed E-state index contributed by atoms with van der Waals surface area (Å²) in [6, 6.07) is 9.54. The van der Waals surface area contributed by atoms with E-state index in [2.05, 4.69) is 13.7 Å². The first-order valence-electron chi connectivity index (χ1n) is 6.54. The summed E-state index contributed by atoms with van der Waals surface area (Å²) in [4.78, 5) is 14.5. The standard InChI is InChI=1S/C14H15IN4O2/c1-21-12(9-5-3-2-4-6-9)14(20)19-7-10-11(8-19)17-18-13(10)16-15/h2-6,12H,7-8H2,1H3,(H2,16,17,18)/t12-/m1/s1. The van der Waals surface area contributed by atoms with E-state index >= 15 is 0 Å². The predicted octanol–water partition coefficient (Wildman–Crippen LogP) is 2.40. The minimum absolute atomic E-state index is 0.0345.